The van der Waals surface area contributed by atoms with E-state index in [1.54, 1.807) is 6.20 Å². The molecule has 1 unspecified atom stereocenters. The lowest BCUT2D eigenvalue weighted by Gasteiger charge is -2.37. The fraction of sp³-hybridized carbons (Fsp3) is 0.333. The Morgan fingerprint density at radius 2 is 2.18 bits per heavy atom. The van der Waals surface area contributed by atoms with E-state index in [1.165, 1.54) is 6.20 Å². The molecule has 0 aromatic carbocycles. The van der Waals surface area contributed by atoms with E-state index in [4.69, 9.17) is 0 Å². The summed E-state index contributed by atoms with van der Waals surface area (Å²) in [4.78, 5) is 33.8. The van der Waals surface area contributed by atoms with Crippen LogP contribution in [-0.2, 0) is 0 Å². The number of rotatable bonds is 4. The molecule has 3 N–H and O–H groups in total. The Morgan fingerprint density at radius 3 is 2.77 bits per heavy atom. The first kappa shape index (κ1) is 14.4. The minimum Gasteiger partial charge on any atom is -0.393 e. The third-order valence-corrected chi connectivity index (χ3v) is 3.82. The zero-order valence-corrected chi connectivity index (χ0v) is 11.8. The third kappa shape index (κ3) is 3.04. The van der Waals surface area contributed by atoms with E-state index in [2.05, 4.69) is 20.3 Å². The Labute approximate surface area is 126 Å². The van der Waals surface area contributed by atoms with Crippen LogP contribution in [0.3, 0.4) is 0 Å². The Kier molecular flexibility index (Phi) is 3.97. The molecule has 2 heterocycles. The van der Waals surface area contributed by atoms with Gasteiger partial charge in [0.1, 0.15) is 5.69 Å². The Morgan fingerprint density at radius 1 is 1.36 bits per heavy atom. The van der Waals surface area contributed by atoms with Gasteiger partial charge in [0.25, 0.3) is 11.5 Å². The van der Waals surface area contributed by atoms with Gasteiger partial charge in [-0.15, -0.1) is 0 Å². The van der Waals surface area contributed by atoms with Gasteiger partial charge in [-0.3, -0.25) is 14.6 Å². The van der Waals surface area contributed by atoms with E-state index in [9.17, 15) is 14.7 Å². The molecule has 2 aromatic rings. The monoisotopic (exact) mass is 300 g/mol. The molecule has 1 atom stereocenters. The average molecular weight is 300 g/mol. The molecule has 0 radical (unpaired) electrons. The van der Waals surface area contributed by atoms with Crippen molar-refractivity contribution in [2.24, 2.45) is 5.92 Å². The smallest absolute Gasteiger partial charge is 0.271 e. The molecular weight excluding hydrogens is 284 g/mol. The van der Waals surface area contributed by atoms with Crippen molar-refractivity contribution in [1.82, 2.24) is 20.3 Å². The lowest BCUT2D eigenvalue weighted by atomic mass is 9.76. The number of nitrogens with one attached hydrogen (secondary N) is 2. The molecule has 1 saturated carbocycles. The molecule has 2 aromatic heterocycles. The SMILES string of the molecule is O=C(NC(c1ccccn1)C1CC(O)C1)c1c[nH]c(=O)cn1. The van der Waals surface area contributed by atoms with Gasteiger partial charge in [-0.05, 0) is 30.9 Å². The zero-order valence-electron chi connectivity index (χ0n) is 11.8. The lowest BCUT2D eigenvalue weighted by Crippen LogP contribution is -2.42. The van der Waals surface area contributed by atoms with Crippen molar-refractivity contribution in [2.45, 2.75) is 25.0 Å². The van der Waals surface area contributed by atoms with Gasteiger partial charge >= 0.3 is 0 Å². The van der Waals surface area contributed by atoms with Gasteiger partial charge in [0.05, 0.1) is 24.0 Å². The Bertz CT molecular complexity index is 690. The second-order valence-electron chi connectivity index (χ2n) is 5.39. The lowest BCUT2D eigenvalue weighted by molar-refractivity contribution is 0.0227. The quantitative estimate of drug-likeness (QED) is 0.758. The molecule has 0 bridgehead atoms. The molecule has 22 heavy (non-hydrogen) atoms. The van der Waals surface area contributed by atoms with Crippen LogP contribution < -0.4 is 10.9 Å². The summed E-state index contributed by atoms with van der Waals surface area (Å²) in [5.74, 6) is -0.245. The maximum Gasteiger partial charge on any atom is 0.271 e. The number of carbonyl (C=O) groups is 1. The number of aliphatic hydroxyl groups is 1. The summed E-state index contributed by atoms with van der Waals surface area (Å²) in [6.45, 7) is 0. The van der Waals surface area contributed by atoms with Crippen molar-refractivity contribution in [3.05, 3.63) is 58.5 Å². The van der Waals surface area contributed by atoms with E-state index in [1.807, 2.05) is 18.2 Å². The van der Waals surface area contributed by atoms with Crippen LogP contribution in [0.25, 0.3) is 0 Å². The standard InChI is InChI=1S/C15H16N4O3/c20-10-5-9(6-10)14(11-3-1-2-4-16-11)19-15(22)12-7-18-13(21)8-17-12/h1-4,7-10,14,20H,5-6H2,(H,18,21)(H,19,22). The minimum absolute atomic E-state index is 0.136. The minimum atomic E-state index is -0.381. The average Bonchev–Trinajstić information content (AvgIpc) is 2.51. The van der Waals surface area contributed by atoms with Crippen molar-refractivity contribution >= 4 is 5.91 Å². The summed E-state index contributed by atoms with van der Waals surface area (Å²) in [6, 6.07) is 5.22. The van der Waals surface area contributed by atoms with Crippen LogP contribution in [-0.4, -0.2) is 32.1 Å². The first-order valence-electron chi connectivity index (χ1n) is 7.08. The molecule has 0 spiro atoms. The summed E-state index contributed by atoms with van der Waals surface area (Å²) in [5, 5.41) is 12.4. The molecule has 0 aliphatic heterocycles. The van der Waals surface area contributed by atoms with Gasteiger partial charge in [0.2, 0.25) is 0 Å². The number of aromatic amines is 1. The van der Waals surface area contributed by atoms with Crippen LogP contribution in [0.2, 0.25) is 0 Å². The van der Waals surface area contributed by atoms with Crippen LogP contribution in [0.5, 0.6) is 0 Å². The number of hydrogen-bond donors (Lipinski definition) is 3. The predicted molar refractivity (Wildman–Crippen MR) is 78.0 cm³/mol. The number of aliphatic hydroxyl groups excluding tert-OH is 1. The topological polar surface area (TPSA) is 108 Å². The number of aromatic nitrogens is 3. The molecule has 1 fully saturated rings. The zero-order chi connectivity index (χ0) is 15.5. The Balaban J connectivity index is 1.79. The highest BCUT2D eigenvalue weighted by atomic mass is 16.3. The molecule has 1 aliphatic carbocycles. The van der Waals surface area contributed by atoms with E-state index in [-0.39, 0.29) is 35.2 Å². The first-order chi connectivity index (χ1) is 10.6. The summed E-state index contributed by atoms with van der Waals surface area (Å²) >= 11 is 0. The Hall–Kier alpha value is -2.54. The van der Waals surface area contributed by atoms with Crippen LogP contribution in [0.1, 0.15) is 35.1 Å². The van der Waals surface area contributed by atoms with Crippen molar-refractivity contribution in [2.75, 3.05) is 0 Å². The van der Waals surface area contributed by atoms with E-state index in [0.29, 0.717) is 12.8 Å². The second-order valence-corrected chi connectivity index (χ2v) is 5.39. The normalized spacial score (nSPS) is 21.7. The highest BCUT2D eigenvalue weighted by molar-refractivity contribution is 5.92. The highest BCUT2D eigenvalue weighted by Gasteiger charge is 2.36. The molecular formula is C15H16N4O3. The molecule has 1 amide bonds. The molecule has 0 saturated heterocycles. The van der Waals surface area contributed by atoms with Crippen LogP contribution in [0.15, 0.2) is 41.6 Å². The number of nitrogens with zero attached hydrogens (tertiary/aromatic N) is 2. The highest BCUT2D eigenvalue weighted by Crippen LogP contribution is 2.37. The van der Waals surface area contributed by atoms with Gasteiger partial charge in [-0.2, -0.15) is 0 Å². The van der Waals surface area contributed by atoms with Crippen molar-refractivity contribution in [1.29, 1.82) is 0 Å². The fourth-order valence-electron chi connectivity index (χ4n) is 2.58. The van der Waals surface area contributed by atoms with E-state index in [0.717, 1.165) is 11.9 Å². The van der Waals surface area contributed by atoms with E-state index < -0.39 is 0 Å². The molecule has 3 rings (SSSR count). The summed E-state index contributed by atoms with van der Waals surface area (Å²) in [7, 11) is 0. The van der Waals surface area contributed by atoms with Crippen LogP contribution in [0, 0.1) is 5.92 Å². The van der Waals surface area contributed by atoms with Gasteiger partial charge in [0, 0.05) is 12.4 Å². The van der Waals surface area contributed by atoms with Crippen molar-refractivity contribution in [3.8, 4) is 0 Å². The van der Waals surface area contributed by atoms with Gasteiger partial charge in [-0.25, -0.2) is 4.98 Å². The van der Waals surface area contributed by atoms with Gasteiger partial charge < -0.3 is 15.4 Å². The number of hydrogen-bond acceptors (Lipinski definition) is 5. The second kappa shape index (κ2) is 6.07. The van der Waals surface area contributed by atoms with E-state index >= 15 is 0 Å². The first-order valence-corrected chi connectivity index (χ1v) is 7.08. The number of amides is 1. The third-order valence-electron chi connectivity index (χ3n) is 3.82. The van der Waals surface area contributed by atoms with Crippen LogP contribution in [0.4, 0.5) is 0 Å². The summed E-state index contributed by atoms with van der Waals surface area (Å²) in [6.07, 6.45) is 4.95. The number of carbonyl (C=O) groups excluding carboxylic acids is 1. The summed E-state index contributed by atoms with van der Waals surface area (Å²) < 4.78 is 0. The molecule has 1 aliphatic rings. The van der Waals surface area contributed by atoms with Gasteiger partial charge in [-0.1, -0.05) is 6.07 Å². The predicted octanol–water partition coefficient (Wildman–Crippen LogP) is 0.407. The number of H-pyrrole nitrogens is 1. The van der Waals surface area contributed by atoms with Crippen molar-refractivity contribution < 1.29 is 9.90 Å². The fourth-order valence-corrected chi connectivity index (χ4v) is 2.58. The molecule has 7 heteroatoms. The maximum absolute atomic E-state index is 12.3. The summed E-state index contributed by atoms with van der Waals surface area (Å²) in [5.41, 5.74) is 0.525. The van der Waals surface area contributed by atoms with Gasteiger partial charge in [0.15, 0.2) is 0 Å². The maximum atomic E-state index is 12.3. The number of pyridine rings is 1. The van der Waals surface area contributed by atoms with Crippen LogP contribution >= 0.6 is 0 Å². The van der Waals surface area contributed by atoms with Crippen molar-refractivity contribution in [3.63, 3.8) is 0 Å². The largest absolute Gasteiger partial charge is 0.393 e. The molecule has 114 valence electrons. The molecule has 7 nitrogen and oxygen atoms in total.